The van der Waals surface area contributed by atoms with E-state index in [1.165, 1.54) is 12.3 Å². The van der Waals surface area contributed by atoms with Crippen LogP contribution in [0.15, 0.2) is 18.3 Å². The molecule has 0 saturated carbocycles. The largest absolute Gasteiger partial charge is 0.433 e. The molecule has 1 aromatic heterocycles. The summed E-state index contributed by atoms with van der Waals surface area (Å²) >= 11 is 0. The molecule has 0 aliphatic carbocycles. The molecule has 1 aromatic rings. The van der Waals surface area contributed by atoms with Crippen molar-refractivity contribution in [2.75, 3.05) is 13.7 Å². The van der Waals surface area contributed by atoms with Gasteiger partial charge in [0, 0.05) is 19.9 Å². The lowest BCUT2D eigenvalue weighted by Crippen LogP contribution is -2.07. The third-order valence-corrected chi connectivity index (χ3v) is 1.93. The Morgan fingerprint density at radius 2 is 2.07 bits per heavy atom. The van der Waals surface area contributed by atoms with Gasteiger partial charge in [-0.1, -0.05) is 6.07 Å². The Balaban J connectivity index is 2.57. The van der Waals surface area contributed by atoms with Crippen LogP contribution in [0.5, 0.6) is 0 Å². The molecular formula is C10H12F3NO. The average Bonchev–Trinajstić information content (AvgIpc) is 2.18. The number of rotatable bonds is 4. The Labute approximate surface area is 86.1 Å². The van der Waals surface area contributed by atoms with E-state index in [0.717, 1.165) is 18.1 Å². The molecule has 1 heterocycles. The van der Waals surface area contributed by atoms with Gasteiger partial charge in [-0.3, -0.25) is 4.98 Å². The highest BCUT2D eigenvalue weighted by molar-refractivity contribution is 5.15. The van der Waals surface area contributed by atoms with Crippen molar-refractivity contribution in [1.82, 2.24) is 4.98 Å². The van der Waals surface area contributed by atoms with E-state index in [2.05, 4.69) is 4.98 Å². The average molecular weight is 219 g/mol. The second-order valence-electron chi connectivity index (χ2n) is 3.15. The summed E-state index contributed by atoms with van der Waals surface area (Å²) in [7, 11) is 1.59. The molecule has 0 fully saturated rings. The first-order valence-corrected chi connectivity index (χ1v) is 4.55. The highest BCUT2D eigenvalue weighted by atomic mass is 19.4. The van der Waals surface area contributed by atoms with Crippen LogP contribution in [0.1, 0.15) is 17.7 Å². The second-order valence-corrected chi connectivity index (χ2v) is 3.15. The summed E-state index contributed by atoms with van der Waals surface area (Å²) in [5.74, 6) is 0. The van der Waals surface area contributed by atoms with Crippen molar-refractivity contribution in [3.63, 3.8) is 0 Å². The van der Waals surface area contributed by atoms with Crippen LogP contribution < -0.4 is 0 Å². The molecular weight excluding hydrogens is 207 g/mol. The Morgan fingerprint density at radius 1 is 1.33 bits per heavy atom. The number of ether oxygens (including phenoxy) is 1. The van der Waals surface area contributed by atoms with Gasteiger partial charge in [-0.2, -0.15) is 13.2 Å². The molecule has 84 valence electrons. The molecule has 1 rings (SSSR count). The van der Waals surface area contributed by atoms with Crippen LogP contribution in [-0.4, -0.2) is 18.7 Å². The van der Waals surface area contributed by atoms with E-state index in [1.807, 2.05) is 0 Å². The fraction of sp³-hybridized carbons (Fsp3) is 0.500. The van der Waals surface area contributed by atoms with E-state index < -0.39 is 11.9 Å². The van der Waals surface area contributed by atoms with Crippen molar-refractivity contribution in [1.29, 1.82) is 0 Å². The third-order valence-electron chi connectivity index (χ3n) is 1.93. The predicted octanol–water partition coefficient (Wildman–Crippen LogP) is 2.68. The van der Waals surface area contributed by atoms with Gasteiger partial charge in [-0.05, 0) is 24.5 Å². The van der Waals surface area contributed by atoms with Crippen LogP contribution in [0.4, 0.5) is 13.2 Å². The van der Waals surface area contributed by atoms with E-state index >= 15 is 0 Å². The van der Waals surface area contributed by atoms with Gasteiger partial charge in [0.15, 0.2) is 0 Å². The van der Waals surface area contributed by atoms with Gasteiger partial charge in [-0.25, -0.2) is 0 Å². The fourth-order valence-corrected chi connectivity index (χ4v) is 1.16. The molecule has 0 bridgehead atoms. The SMILES string of the molecule is COCCCc1ccc(C(F)(F)F)nc1. The van der Waals surface area contributed by atoms with Crippen LogP contribution >= 0.6 is 0 Å². The smallest absolute Gasteiger partial charge is 0.385 e. The van der Waals surface area contributed by atoms with Crippen molar-refractivity contribution in [3.8, 4) is 0 Å². The standard InChI is InChI=1S/C10H12F3NO/c1-15-6-2-3-8-4-5-9(14-7-8)10(11,12)13/h4-5,7H,2-3,6H2,1H3. The molecule has 0 aliphatic heterocycles. The van der Waals surface area contributed by atoms with Gasteiger partial charge in [0.05, 0.1) is 0 Å². The molecule has 0 atom stereocenters. The van der Waals surface area contributed by atoms with Gasteiger partial charge in [0.1, 0.15) is 5.69 Å². The lowest BCUT2D eigenvalue weighted by atomic mass is 10.1. The lowest BCUT2D eigenvalue weighted by Gasteiger charge is -2.06. The quantitative estimate of drug-likeness (QED) is 0.726. The van der Waals surface area contributed by atoms with Gasteiger partial charge >= 0.3 is 6.18 Å². The minimum absolute atomic E-state index is 0.598. The maximum absolute atomic E-state index is 12.1. The Morgan fingerprint density at radius 3 is 2.53 bits per heavy atom. The number of hydrogen-bond acceptors (Lipinski definition) is 2. The van der Waals surface area contributed by atoms with Crippen molar-refractivity contribution >= 4 is 0 Å². The topological polar surface area (TPSA) is 22.1 Å². The molecule has 2 nitrogen and oxygen atoms in total. The van der Waals surface area contributed by atoms with Crippen LogP contribution in [0, 0.1) is 0 Å². The molecule has 0 saturated heterocycles. The molecule has 0 aromatic carbocycles. The van der Waals surface area contributed by atoms with E-state index in [-0.39, 0.29) is 0 Å². The Kier molecular flexibility index (Phi) is 4.08. The summed E-state index contributed by atoms with van der Waals surface area (Å²) in [4.78, 5) is 3.36. The number of pyridine rings is 1. The summed E-state index contributed by atoms with van der Waals surface area (Å²) in [6.45, 7) is 0.598. The molecule has 0 amide bonds. The molecule has 0 N–H and O–H groups in total. The van der Waals surface area contributed by atoms with E-state index in [9.17, 15) is 13.2 Å². The summed E-state index contributed by atoms with van der Waals surface area (Å²) in [6.07, 6.45) is -1.63. The first kappa shape index (κ1) is 12.0. The number of aryl methyl sites for hydroxylation is 1. The fourth-order valence-electron chi connectivity index (χ4n) is 1.16. The van der Waals surface area contributed by atoms with E-state index in [0.29, 0.717) is 13.0 Å². The van der Waals surface area contributed by atoms with Crippen LogP contribution in [0.2, 0.25) is 0 Å². The minimum Gasteiger partial charge on any atom is -0.385 e. The van der Waals surface area contributed by atoms with Crippen molar-refractivity contribution in [2.24, 2.45) is 0 Å². The molecule has 15 heavy (non-hydrogen) atoms. The first-order valence-electron chi connectivity index (χ1n) is 4.55. The maximum Gasteiger partial charge on any atom is 0.433 e. The molecule has 0 spiro atoms. The van der Waals surface area contributed by atoms with Crippen LogP contribution in [0.3, 0.4) is 0 Å². The molecule has 0 radical (unpaired) electrons. The first-order chi connectivity index (χ1) is 7.04. The molecule has 5 heteroatoms. The normalized spacial score (nSPS) is 11.7. The summed E-state index contributed by atoms with van der Waals surface area (Å²) < 4.78 is 41.3. The van der Waals surface area contributed by atoms with Crippen molar-refractivity contribution in [2.45, 2.75) is 19.0 Å². The summed E-state index contributed by atoms with van der Waals surface area (Å²) in [5, 5.41) is 0. The lowest BCUT2D eigenvalue weighted by molar-refractivity contribution is -0.141. The Bertz CT molecular complexity index is 295. The third kappa shape index (κ3) is 3.87. The van der Waals surface area contributed by atoms with Crippen LogP contribution in [-0.2, 0) is 17.3 Å². The summed E-state index contributed by atoms with van der Waals surface area (Å²) in [6, 6.07) is 2.45. The Hall–Kier alpha value is -1.10. The molecule has 0 unspecified atom stereocenters. The second kappa shape index (κ2) is 5.11. The number of nitrogens with zero attached hydrogens (tertiary/aromatic N) is 1. The van der Waals surface area contributed by atoms with Crippen molar-refractivity contribution in [3.05, 3.63) is 29.6 Å². The van der Waals surface area contributed by atoms with Gasteiger partial charge in [0.2, 0.25) is 0 Å². The highest BCUT2D eigenvalue weighted by Crippen LogP contribution is 2.27. The summed E-state index contributed by atoms with van der Waals surface area (Å²) in [5.41, 5.74) is -0.0574. The van der Waals surface area contributed by atoms with Gasteiger partial charge < -0.3 is 4.74 Å². The van der Waals surface area contributed by atoms with Gasteiger partial charge in [0.25, 0.3) is 0 Å². The monoisotopic (exact) mass is 219 g/mol. The molecule has 0 aliphatic rings. The maximum atomic E-state index is 12.1. The number of hydrogen-bond donors (Lipinski definition) is 0. The number of methoxy groups -OCH3 is 1. The minimum atomic E-state index is -4.36. The zero-order chi connectivity index (χ0) is 11.3. The zero-order valence-corrected chi connectivity index (χ0v) is 8.34. The van der Waals surface area contributed by atoms with E-state index in [1.54, 1.807) is 7.11 Å². The van der Waals surface area contributed by atoms with Gasteiger partial charge in [-0.15, -0.1) is 0 Å². The zero-order valence-electron chi connectivity index (χ0n) is 8.34. The van der Waals surface area contributed by atoms with Crippen LogP contribution in [0.25, 0.3) is 0 Å². The predicted molar refractivity (Wildman–Crippen MR) is 49.4 cm³/mol. The van der Waals surface area contributed by atoms with E-state index in [4.69, 9.17) is 4.74 Å². The number of halogens is 3. The highest BCUT2D eigenvalue weighted by Gasteiger charge is 2.31. The number of aromatic nitrogens is 1. The van der Waals surface area contributed by atoms with Crippen molar-refractivity contribution < 1.29 is 17.9 Å². The number of alkyl halides is 3.